The standard InChI is InChI=1S/C28H26BrN3O/c29-24-7-4-8-25-26(24)30-27(22-11-9-21(10-12-22)20-5-2-1-3-6-20)32(25)18-19-15-16-31(17-19)28(33)23-13-14-23/h1-12,19,23H,13-18H2/t19-/m0/s1. The highest BCUT2D eigenvalue weighted by Crippen LogP contribution is 2.35. The van der Waals surface area contributed by atoms with Gasteiger partial charge in [0.25, 0.3) is 0 Å². The van der Waals surface area contributed by atoms with Crippen LogP contribution in [-0.2, 0) is 11.3 Å². The van der Waals surface area contributed by atoms with Crippen molar-refractivity contribution in [1.82, 2.24) is 14.5 Å². The minimum absolute atomic E-state index is 0.299. The predicted octanol–water partition coefficient (Wildman–Crippen LogP) is 6.39. The van der Waals surface area contributed by atoms with Gasteiger partial charge >= 0.3 is 0 Å². The molecule has 4 nitrogen and oxygen atoms in total. The molecule has 33 heavy (non-hydrogen) atoms. The summed E-state index contributed by atoms with van der Waals surface area (Å²) in [6.45, 7) is 2.62. The number of aromatic nitrogens is 2. The summed E-state index contributed by atoms with van der Waals surface area (Å²) in [4.78, 5) is 19.7. The SMILES string of the molecule is O=C(C1CC1)N1CC[C@H](Cn2c(-c3ccc(-c4ccccc4)cc3)nc3c(Br)cccc32)C1. The van der Waals surface area contributed by atoms with Crippen molar-refractivity contribution in [2.45, 2.75) is 25.8 Å². The number of nitrogens with zero attached hydrogens (tertiary/aromatic N) is 3. The van der Waals surface area contributed by atoms with Gasteiger partial charge in [0.1, 0.15) is 11.3 Å². The molecule has 1 aliphatic carbocycles. The van der Waals surface area contributed by atoms with Crippen molar-refractivity contribution in [3.05, 3.63) is 77.3 Å². The van der Waals surface area contributed by atoms with Crippen molar-refractivity contribution in [1.29, 1.82) is 0 Å². The Bertz CT molecular complexity index is 1310. The van der Waals surface area contributed by atoms with Gasteiger partial charge in [0.2, 0.25) is 5.91 Å². The Morgan fingerprint density at radius 3 is 2.36 bits per heavy atom. The number of halogens is 1. The fourth-order valence-corrected chi connectivity index (χ4v) is 5.43. The molecule has 2 heterocycles. The second-order valence-corrected chi connectivity index (χ2v) is 10.2. The summed E-state index contributed by atoms with van der Waals surface area (Å²) in [7, 11) is 0. The van der Waals surface area contributed by atoms with Gasteiger partial charge in [-0.3, -0.25) is 4.79 Å². The van der Waals surface area contributed by atoms with Gasteiger partial charge in [0.15, 0.2) is 0 Å². The molecule has 0 unspecified atom stereocenters. The maximum atomic E-state index is 12.6. The largest absolute Gasteiger partial charge is 0.342 e. The topological polar surface area (TPSA) is 38.1 Å². The van der Waals surface area contributed by atoms with Gasteiger partial charge in [-0.2, -0.15) is 0 Å². The Balaban J connectivity index is 1.33. The smallest absolute Gasteiger partial charge is 0.225 e. The third-order valence-electron chi connectivity index (χ3n) is 6.94. The summed E-state index contributed by atoms with van der Waals surface area (Å²) in [5, 5.41) is 0. The molecule has 0 spiro atoms. The van der Waals surface area contributed by atoms with Gasteiger partial charge in [-0.1, -0.05) is 60.7 Å². The molecule has 2 aliphatic rings. The summed E-state index contributed by atoms with van der Waals surface area (Å²) in [6.07, 6.45) is 3.20. The summed E-state index contributed by atoms with van der Waals surface area (Å²) < 4.78 is 3.37. The molecule has 0 N–H and O–H groups in total. The van der Waals surface area contributed by atoms with Crippen molar-refractivity contribution in [2.24, 2.45) is 11.8 Å². The number of imidazole rings is 1. The van der Waals surface area contributed by atoms with Crippen molar-refractivity contribution < 1.29 is 4.79 Å². The highest BCUT2D eigenvalue weighted by atomic mass is 79.9. The van der Waals surface area contributed by atoms with Crippen LogP contribution in [0.3, 0.4) is 0 Å². The molecule has 4 aromatic rings. The number of hydrogen-bond donors (Lipinski definition) is 0. The Labute approximate surface area is 202 Å². The first-order chi connectivity index (χ1) is 16.2. The first-order valence-corrected chi connectivity index (χ1v) is 12.6. The van der Waals surface area contributed by atoms with Gasteiger partial charge in [-0.25, -0.2) is 4.98 Å². The Morgan fingerprint density at radius 2 is 1.61 bits per heavy atom. The highest BCUT2D eigenvalue weighted by molar-refractivity contribution is 9.10. The monoisotopic (exact) mass is 499 g/mol. The normalized spacial score (nSPS) is 18.2. The van der Waals surface area contributed by atoms with Crippen molar-refractivity contribution in [2.75, 3.05) is 13.1 Å². The lowest BCUT2D eigenvalue weighted by atomic mass is 10.0. The van der Waals surface area contributed by atoms with Crippen LogP contribution in [0.4, 0.5) is 0 Å². The molecule has 6 rings (SSSR count). The lowest BCUT2D eigenvalue weighted by molar-refractivity contribution is -0.131. The lowest BCUT2D eigenvalue weighted by Crippen LogP contribution is -2.30. The fraction of sp³-hybridized carbons (Fsp3) is 0.286. The van der Waals surface area contributed by atoms with E-state index in [1.165, 1.54) is 11.1 Å². The van der Waals surface area contributed by atoms with Crippen LogP contribution in [0.1, 0.15) is 19.3 Å². The lowest BCUT2D eigenvalue weighted by Gasteiger charge is -2.18. The zero-order valence-electron chi connectivity index (χ0n) is 18.5. The maximum absolute atomic E-state index is 12.6. The first kappa shape index (κ1) is 20.7. The number of carbonyl (C=O) groups excluding carboxylic acids is 1. The van der Waals surface area contributed by atoms with Gasteiger partial charge in [-0.05, 0) is 64.4 Å². The van der Waals surface area contributed by atoms with Crippen molar-refractivity contribution in [3.8, 4) is 22.5 Å². The quantitative estimate of drug-likeness (QED) is 0.319. The third kappa shape index (κ3) is 3.99. The number of hydrogen-bond acceptors (Lipinski definition) is 2. The Hall–Kier alpha value is -2.92. The predicted molar refractivity (Wildman–Crippen MR) is 136 cm³/mol. The number of benzene rings is 3. The minimum Gasteiger partial charge on any atom is -0.342 e. The summed E-state index contributed by atoms with van der Waals surface area (Å²) in [5.74, 6) is 2.11. The van der Waals surface area contributed by atoms with E-state index < -0.39 is 0 Å². The number of rotatable bonds is 5. The van der Waals surface area contributed by atoms with Crippen LogP contribution in [0.2, 0.25) is 0 Å². The molecule has 0 radical (unpaired) electrons. The van der Waals surface area contributed by atoms with E-state index in [4.69, 9.17) is 4.98 Å². The van der Waals surface area contributed by atoms with Gasteiger partial charge in [-0.15, -0.1) is 0 Å². The Morgan fingerprint density at radius 1 is 0.879 bits per heavy atom. The van der Waals surface area contributed by atoms with E-state index in [-0.39, 0.29) is 0 Å². The number of amides is 1. The second kappa shape index (κ2) is 8.45. The zero-order chi connectivity index (χ0) is 22.4. The highest BCUT2D eigenvalue weighted by Gasteiger charge is 2.36. The van der Waals surface area contributed by atoms with Crippen molar-refractivity contribution >= 4 is 32.9 Å². The van der Waals surface area contributed by atoms with Crippen LogP contribution >= 0.6 is 15.9 Å². The summed E-state index contributed by atoms with van der Waals surface area (Å²) >= 11 is 3.69. The van der Waals surface area contributed by atoms with Crippen LogP contribution in [0.5, 0.6) is 0 Å². The van der Waals surface area contributed by atoms with Crippen molar-refractivity contribution in [3.63, 3.8) is 0 Å². The first-order valence-electron chi connectivity index (χ1n) is 11.8. The summed E-state index contributed by atoms with van der Waals surface area (Å²) in [5.41, 5.74) is 5.66. The fourth-order valence-electron chi connectivity index (χ4n) is 4.99. The molecule has 3 aromatic carbocycles. The molecule has 1 saturated carbocycles. The number of likely N-dealkylation sites (tertiary alicyclic amines) is 1. The van der Waals surface area contributed by atoms with Crippen LogP contribution in [0.15, 0.2) is 77.3 Å². The molecule has 166 valence electrons. The van der Waals surface area contributed by atoms with Gasteiger partial charge in [0, 0.05) is 35.6 Å². The van der Waals surface area contributed by atoms with E-state index >= 15 is 0 Å². The number of carbonyl (C=O) groups is 1. The van der Waals surface area contributed by atoms with Crippen LogP contribution < -0.4 is 0 Å². The zero-order valence-corrected chi connectivity index (χ0v) is 20.0. The van der Waals surface area contributed by atoms with Gasteiger partial charge in [0.05, 0.1) is 5.52 Å². The maximum Gasteiger partial charge on any atom is 0.225 e. The van der Waals surface area contributed by atoms with Crippen LogP contribution in [0, 0.1) is 11.8 Å². The van der Waals surface area contributed by atoms with E-state index in [0.29, 0.717) is 17.7 Å². The molecule has 1 amide bonds. The molecular formula is C28H26BrN3O. The average molecular weight is 500 g/mol. The van der Waals surface area contributed by atoms with E-state index in [1.807, 2.05) is 12.1 Å². The molecule has 1 aliphatic heterocycles. The molecule has 1 saturated heterocycles. The molecule has 0 bridgehead atoms. The van der Waals surface area contributed by atoms with E-state index in [9.17, 15) is 4.79 Å². The van der Waals surface area contributed by atoms with E-state index in [0.717, 1.165) is 65.8 Å². The number of fused-ring (bicyclic) bond motifs is 1. The Kier molecular flexibility index (Phi) is 5.30. The second-order valence-electron chi connectivity index (χ2n) is 9.31. The third-order valence-corrected chi connectivity index (χ3v) is 7.58. The molecule has 5 heteroatoms. The average Bonchev–Trinajstić information content (AvgIpc) is 3.49. The van der Waals surface area contributed by atoms with Crippen LogP contribution in [-0.4, -0.2) is 33.4 Å². The van der Waals surface area contributed by atoms with E-state index in [2.05, 4.69) is 86.1 Å². The molecule has 1 aromatic heterocycles. The summed E-state index contributed by atoms with van der Waals surface area (Å²) in [6, 6.07) is 25.4. The van der Waals surface area contributed by atoms with Crippen LogP contribution in [0.25, 0.3) is 33.5 Å². The minimum atomic E-state index is 0.299. The van der Waals surface area contributed by atoms with E-state index in [1.54, 1.807) is 0 Å². The number of para-hydroxylation sites is 1. The molecular weight excluding hydrogens is 474 g/mol. The molecule has 2 fully saturated rings. The van der Waals surface area contributed by atoms with Gasteiger partial charge < -0.3 is 9.47 Å². The molecule has 1 atom stereocenters.